The van der Waals surface area contributed by atoms with E-state index in [2.05, 4.69) is 10.3 Å². The maximum absolute atomic E-state index is 10.8. The molecule has 0 rings (SSSR count). The molecule has 0 bridgehead atoms. The highest BCUT2D eigenvalue weighted by atomic mass is 16.6. The van der Waals surface area contributed by atoms with Crippen LogP contribution in [0.3, 0.4) is 0 Å². The van der Waals surface area contributed by atoms with Crippen molar-refractivity contribution in [3.63, 3.8) is 0 Å². The molecule has 0 aromatic carbocycles. The zero-order valence-electron chi connectivity index (χ0n) is 7.70. The molecule has 0 aromatic rings. The summed E-state index contributed by atoms with van der Waals surface area (Å²) < 4.78 is 4.76. The minimum Gasteiger partial charge on any atom is -0.462 e. The fourth-order valence-corrected chi connectivity index (χ4v) is 0.537. The Morgan fingerprint density at radius 2 is 2.08 bits per heavy atom. The molecule has 0 aromatic heterocycles. The van der Waals surface area contributed by atoms with Crippen LogP contribution in [-0.2, 0) is 19.2 Å². The Kier molecular flexibility index (Phi) is 5.82. The van der Waals surface area contributed by atoms with E-state index in [0.29, 0.717) is 0 Å². The first kappa shape index (κ1) is 11.9. The van der Waals surface area contributed by atoms with Crippen LogP contribution in [0.2, 0.25) is 0 Å². The van der Waals surface area contributed by atoms with E-state index < -0.39 is 11.9 Å². The fraction of sp³-hybridized carbons (Fsp3) is 0.714. The Hall–Kier alpha value is -1.14. The third-order valence-electron chi connectivity index (χ3n) is 0.900. The number of nitrogens with two attached hydrogens (primary N) is 1. The summed E-state index contributed by atoms with van der Waals surface area (Å²) in [4.78, 5) is 25.5. The first-order chi connectivity index (χ1) is 6.02. The Bertz CT molecular complexity index is 181. The smallest absolute Gasteiger partial charge is 0.322 e. The lowest BCUT2D eigenvalue weighted by molar-refractivity contribution is -0.150. The predicted octanol–water partition coefficient (Wildman–Crippen LogP) is -1.06. The van der Waals surface area contributed by atoms with Gasteiger partial charge in [0.25, 0.3) is 0 Å². The van der Waals surface area contributed by atoms with Crippen LogP contribution in [0.15, 0.2) is 0 Å². The average molecular weight is 190 g/mol. The van der Waals surface area contributed by atoms with Gasteiger partial charge in [-0.2, -0.15) is 5.48 Å². The zero-order chi connectivity index (χ0) is 10.3. The highest BCUT2D eigenvalue weighted by Gasteiger charge is 2.04. The molecule has 76 valence electrons. The molecule has 0 fully saturated rings. The Balaban J connectivity index is 3.32. The molecule has 0 radical (unpaired) electrons. The molecule has 0 aliphatic rings. The van der Waals surface area contributed by atoms with Crippen molar-refractivity contribution >= 4 is 11.9 Å². The van der Waals surface area contributed by atoms with E-state index >= 15 is 0 Å². The standard InChI is InChI=1S/C7H14N2O4/c1-5(2)13-7(11)3-9-12-4-6(8)10/h5,9H,3-4H2,1-2H3,(H2,8,10). The third kappa shape index (κ3) is 8.77. The maximum atomic E-state index is 10.8. The average Bonchev–Trinajstić information content (AvgIpc) is 1.96. The number of hydrogen-bond acceptors (Lipinski definition) is 5. The van der Waals surface area contributed by atoms with Gasteiger partial charge in [0.05, 0.1) is 6.10 Å². The summed E-state index contributed by atoms with van der Waals surface area (Å²) in [6.45, 7) is 3.10. The van der Waals surface area contributed by atoms with Crippen LogP contribution in [0, 0.1) is 0 Å². The molecule has 0 saturated heterocycles. The summed E-state index contributed by atoms with van der Waals surface area (Å²) in [6.07, 6.45) is -0.162. The van der Waals surface area contributed by atoms with Gasteiger partial charge in [-0.3, -0.25) is 14.4 Å². The Morgan fingerprint density at radius 3 is 2.54 bits per heavy atom. The number of rotatable bonds is 6. The first-order valence-corrected chi connectivity index (χ1v) is 3.84. The molecule has 0 unspecified atom stereocenters. The Labute approximate surface area is 76.3 Å². The lowest BCUT2D eigenvalue weighted by atomic mass is 10.5. The van der Waals surface area contributed by atoms with Crippen molar-refractivity contribution in [2.75, 3.05) is 13.2 Å². The summed E-state index contributed by atoms with van der Waals surface area (Å²) in [5.74, 6) is -1.05. The van der Waals surface area contributed by atoms with Crippen LogP contribution in [0.1, 0.15) is 13.8 Å². The minimum absolute atomic E-state index is 0.106. The lowest BCUT2D eigenvalue weighted by Crippen LogP contribution is -2.30. The van der Waals surface area contributed by atoms with Crippen LogP contribution in [0.5, 0.6) is 0 Å². The van der Waals surface area contributed by atoms with E-state index in [9.17, 15) is 9.59 Å². The van der Waals surface area contributed by atoms with Gasteiger partial charge < -0.3 is 10.5 Å². The van der Waals surface area contributed by atoms with Crippen molar-refractivity contribution in [1.29, 1.82) is 0 Å². The first-order valence-electron chi connectivity index (χ1n) is 3.84. The third-order valence-corrected chi connectivity index (χ3v) is 0.900. The molecule has 0 aliphatic carbocycles. The van der Waals surface area contributed by atoms with Crippen LogP contribution >= 0.6 is 0 Å². The molecule has 6 heteroatoms. The van der Waals surface area contributed by atoms with Gasteiger partial charge in [-0.25, -0.2) is 0 Å². The monoisotopic (exact) mass is 190 g/mol. The summed E-state index contributed by atoms with van der Waals surface area (Å²) in [6, 6.07) is 0. The number of nitrogens with one attached hydrogen (secondary N) is 1. The fourth-order valence-electron chi connectivity index (χ4n) is 0.537. The summed E-state index contributed by atoms with van der Waals surface area (Å²) in [7, 11) is 0. The number of carbonyl (C=O) groups excluding carboxylic acids is 2. The largest absolute Gasteiger partial charge is 0.462 e. The van der Waals surface area contributed by atoms with Gasteiger partial charge in [0.2, 0.25) is 5.91 Å². The number of amides is 1. The SMILES string of the molecule is CC(C)OC(=O)CNOCC(N)=O. The van der Waals surface area contributed by atoms with Crippen LogP contribution in [0.4, 0.5) is 0 Å². The van der Waals surface area contributed by atoms with E-state index in [-0.39, 0.29) is 19.3 Å². The molecule has 13 heavy (non-hydrogen) atoms. The van der Waals surface area contributed by atoms with E-state index in [1.165, 1.54) is 0 Å². The second-order valence-corrected chi connectivity index (χ2v) is 2.61. The molecular weight excluding hydrogens is 176 g/mol. The molecule has 0 saturated carbocycles. The normalized spacial score (nSPS) is 10.1. The van der Waals surface area contributed by atoms with E-state index in [0.717, 1.165) is 0 Å². The molecule has 6 nitrogen and oxygen atoms in total. The van der Waals surface area contributed by atoms with Gasteiger partial charge in [0.1, 0.15) is 13.2 Å². The van der Waals surface area contributed by atoms with Crippen molar-refractivity contribution < 1.29 is 19.2 Å². The van der Waals surface area contributed by atoms with Gasteiger partial charge in [0, 0.05) is 0 Å². The van der Waals surface area contributed by atoms with Gasteiger partial charge in [0.15, 0.2) is 0 Å². The summed E-state index contributed by atoms with van der Waals surface area (Å²) in [5.41, 5.74) is 7.02. The second-order valence-electron chi connectivity index (χ2n) is 2.61. The van der Waals surface area contributed by atoms with Crippen LogP contribution in [-0.4, -0.2) is 31.1 Å². The molecular formula is C7H14N2O4. The highest BCUT2D eigenvalue weighted by molar-refractivity contribution is 5.75. The van der Waals surface area contributed by atoms with Gasteiger partial charge >= 0.3 is 5.97 Å². The second kappa shape index (κ2) is 6.38. The quantitative estimate of drug-likeness (QED) is 0.316. The van der Waals surface area contributed by atoms with E-state index in [1.807, 2.05) is 0 Å². The Morgan fingerprint density at radius 1 is 1.46 bits per heavy atom. The van der Waals surface area contributed by atoms with Gasteiger partial charge in [-0.1, -0.05) is 0 Å². The molecule has 0 heterocycles. The zero-order valence-corrected chi connectivity index (χ0v) is 7.70. The van der Waals surface area contributed by atoms with Crippen molar-refractivity contribution in [3.8, 4) is 0 Å². The number of hydrogen-bond donors (Lipinski definition) is 2. The summed E-state index contributed by atoms with van der Waals surface area (Å²) >= 11 is 0. The molecule has 1 amide bonds. The number of ether oxygens (including phenoxy) is 1. The number of esters is 1. The van der Waals surface area contributed by atoms with Gasteiger partial charge in [-0.05, 0) is 13.8 Å². The van der Waals surface area contributed by atoms with E-state index in [1.54, 1.807) is 13.8 Å². The number of carbonyl (C=O) groups is 2. The number of primary amides is 1. The van der Waals surface area contributed by atoms with Crippen molar-refractivity contribution in [2.24, 2.45) is 5.73 Å². The number of hydroxylamine groups is 1. The van der Waals surface area contributed by atoms with Crippen molar-refractivity contribution in [3.05, 3.63) is 0 Å². The topological polar surface area (TPSA) is 90.7 Å². The molecule has 0 spiro atoms. The van der Waals surface area contributed by atoms with Crippen LogP contribution < -0.4 is 11.2 Å². The molecule has 0 atom stereocenters. The van der Waals surface area contributed by atoms with Gasteiger partial charge in [-0.15, -0.1) is 0 Å². The maximum Gasteiger partial charge on any atom is 0.322 e. The minimum atomic E-state index is -0.607. The highest BCUT2D eigenvalue weighted by Crippen LogP contribution is 1.87. The van der Waals surface area contributed by atoms with E-state index in [4.69, 9.17) is 10.5 Å². The van der Waals surface area contributed by atoms with Crippen molar-refractivity contribution in [2.45, 2.75) is 20.0 Å². The molecule has 3 N–H and O–H groups in total. The predicted molar refractivity (Wildman–Crippen MR) is 44.4 cm³/mol. The lowest BCUT2D eigenvalue weighted by Gasteiger charge is -2.07. The van der Waals surface area contributed by atoms with Crippen LogP contribution in [0.25, 0.3) is 0 Å². The molecule has 0 aliphatic heterocycles. The summed E-state index contributed by atoms with van der Waals surface area (Å²) in [5, 5.41) is 0. The van der Waals surface area contributed by atoms with Crippen molar-refractivity contribution in [1.82, 2.24) is 5.48 Å².